The third kappa shape index (κ3) is 3.29. The quantitative estimate of drug-likeness (QED) is 0.563. The van der Waals surface area contributed by atoms with Gasteiger partial charge in [-0.05, 0) is 24.6 Å². The second kappa shape index (κ2) is 7.10. The first-order valence-electron chi connectivity index (χ1n) is 8.78. The molecule has 0 fully saturated rings. The maximum Gasteiger partial charge on any atom is 0.264 e. The van der Waals surface area contributed by atoms with Gasteiger partial charge in [-0.25, -0.2) is 9.97 Å². The van der Waals surface area contributed by atoms with Crippen molar-refractivity contribution in [3.8, 4) is 5.69 Å². The lowest BCUT2D eigenvalue weighted by atomic mass is 10.1. The normalized spacial score (nSPS) is 12.2. The Morgan fingerprint density at radius 2 is 2.00 bits per heavy atom. The van der Waals surface area contributed by atoms with Gasteiger partial charge in [0.05, 0.1) is 18.6 Å². The average Bonchev–Trinajstić information content (AvgIpc) is 3.35. The monoisotopic (exact) mass is 377 g/mol. The number of amides is 1. The summed E-state index contributed by atoms with van der Waals surface area (Å²) >= 11 is 0. The fourth-order valence-electron chi connectivity index (χ4n) is 3.05. The van der Waals surface area contributed by atoms with Crippen LogP contribution in [0.4, 0.5) is 0 Å². The van der Waals surface area contributed by atoms with Gasteiger partial charge in [0, 0.05) is 25.1 Å². The number of hydrogen-bond donors (Lipinski definition) is 1. The Hall–Kier alpha value is -3.75. The average molecular weight is 377 g/mol. The molecule has 1 atom stereocenters. The van der Waals surface area contributed by atoms with Crippen molar-refractivity contribution in [3.05, 3.63) is 71.4 Å². The predicted molar refractivity (Wildman–Crippen MR) is 103 cm³/mol. The van der Waals surface area contributed by atoms with Crippen LogP contribution in [0.25, 0.3) is 16.7 Å². The van der Waals surface area contributed by atoms with E-state index < -0.39 is 0 Å². The summed E-state index contributed by atoms with van der Waals surface area (Å²) in [6, 6.07) is 7.63. The third-order valence-corrected chi connectivity index (χ3v) is 4.61. The number of fused-ring (bicyclic) bond motifs is 1. The summed E-state index contributed by atoms with van der Waals surface area (Å²) in [5.41, 5.74) is 2.16. The van der Waals surface area contributed by atoms with E-state index in [2.05, 4.69) is 20.4 Å². The first-order chi connectivity index (χ1) is 13.5. The van der Waals surface area contributed by atoms with E-state index in [1.54, 1.807) is 19.6 Å². The number of benzene rings is 1. The van der Waals surface area contributed by atoms with Crippen molar-refractivity contribution in [2.75, 3.05) is 0 Å². The van der Waals surface area contributed by atoms with Crippen LogP contribution in [0.1, 0.15) is 18.5 Å². The van der Waals surface area contributed by atoms with Gasteiger partial charge in [-0.1, -0.05) is 12.1 Å². The summed E-state index contributed by atoms with van der Waals surface area (Å²) in [5.74, 6) is -0.265. The molecule has 0 unspecified atom stereocenters. The molecule has 4 rings (SSSR count). The Labute approximate surface area is 160 Å². The SMILES string of the molecule is C[C@H](NC(=O)Cn1cnc2c(cnn2C)c1=O)c1ccc(-n2ccnc2)cc1. The Bertz CT molecular complexity index is 1170. The molecule has 3 aromatic heterocycles. The predicted octanol–water partition coefficient (Wildman–Crippen LogP) is 1.19. The van der Waals surface area contributed by atoms with Crippen LogP contribution in [0.15, 0.2) is 60.3 Å². The molecule has 9 nitrogen and oxygen atoms in total. The van der Waals surface area contributed by atoms with Gasteiger partial charge in [0.2, 0.25) is 5.91 Å². The first kappa shape index (κ1) is 17.7. The second-order valence-corrected chi connectivity index (χ2v) is 6.53. The summed E-state index contributed by atoms with van der Waals surface area (Å²) in [6.07, 6.45) is 8.15. The molecular formula is C19H19N7O2. The van der Waals surface area contributed by atoms with Crippen LogP contribution in [0.2, 0.25) is 0 Å². The van der Waals surface area contributed by atoms with E-state index in [0.29, 0.717) is 11.0 Å². The molecule has 0 bridgehead atoms. The smallest absolute Gasteiger partial charge is 0.264 e. The number of rotatable bonds is 5. The fraction of sp³-hybridized carbons (Fsp3) is 0.211. The third-order valence-electron chi connectivity index (χ3n) is 4.61. The van der Waals surface area contributed by atoms with E-state index in [1.807, 2.05) is 42.0 Å². The van der Waals surface area contributed by atoms with Gasteiger partial charge >= 0.3 is 0 Å². The summed E-state index contributed by atoms with van der Waals surface area (Å²) in [5, 5.41) is 7.33. The molecule has 3 heterocycles. The van der Waals surface area contributed by atoms with Crippen molar-refractivity contribution in [2.24, 2.45) is 7.05 Å². The molecule has 0 spiro atoms. The van der Waals surface area contributed by atoms with Gasteiger partial charge < -0.3 is 9.88 Å². The fourth-order valence-corrected chi connectivity index (χ4v) is 3.05. The lowest BCUT2D eigenvalue weighted by molar-refractivity contribution is -0.122. The van der Waals surface area contributed by atoms with Crippen molar-refractivity contribution in [3.63, 3.8) is 0 Å². The minimum atomic E-state index is -0.286. The number of aryl methyl sites for hydroxylation is 1. The molecule has 1 amide bonds. The highest BCUT2D eigenvalue weighted by molar-refractivity contribution is 5.77. The largest absolute Gasteiger partial charge is 0.348 e. The van der Waals surface area contributed by atoms with Gasteiger partial charge in [-0.15, -0.1) is 0 Å². The highest BCUT2D eigenvalue weighted by Gasteiger charge is 2.13. The Balaban J connectivity index is 1.45. The molecule has 4 aromatic rings. The summed E-state index contributed by atoms with van der Waals surface area (Å²) in [7, 11) is 1.71. The summed E-state index contributed by atoms with van der Waals surface area (Å²) < 4.78 is 4.71. The zero-order chi connectivity index (χ0) is 19.7. The number of nitrogens with one attached hydrogen (secondary N) is 1. The van der Waals surface area contributed by atoms with Crippen molar-refractivity contribution in [1.82, 2.24) is 34.2 Å². The van der Waals surface area contributed by atoms with Gasteiger partial charge in [0.15, 0.2) is 5.65 Å². The number of nitrogens with zero attached hydrogens (tertiary/aromatic N) is 6. The number of hydrogen-bond acceptors (Lipinski definition) is 5. The van der Waals surface area contributed by atoms with Gasteiger partial charge in [-0.3, -0.25) is 18.8 Å². The molecule has 0 aliphatic rings. The molecule has 142 valence electrons. The maximum absolute atomic E-state index is 12.5. The summed E-state index contributed by atoms with van der Waals surface area (Å²) in [4.78, 5) is 33.1. The van der Waals surface area contributed by atoms with E-state index in [9.17, 15) is 9.59 Å². The van der Waals surface area contributed by atoms with Crippen LogP contribution in [-0.2, 0) is 18.4 Å². The van der Waals surface area contributed by atoms with E-state index in [4.69, 9.17) is 0 Å². The number of carbonyl (C=O) groups excluding carboxylic acids is 1. The van der Waals surface area contributed by atoms with E-state index >= 15 is 0 Å². The lowest BCUT2D eigenvalue weighted by Gasteiger charge is -2.15. The Morgan fingerprint density at radius 3 is 2.71 bits per heavy atom. The lowest BCUT2D eigenvalue weighted by Crippen LogP contribution is -2.33. The number of carbonyl (C=O) groups is 1. The highest BCUT2D eigenvalue weighted by Crippen LogP contribution is 2.15. The standard InChI is InChI=1S/C19H19N7O2/c1-13(14-3-5-15(6-4-14)25-8-7-20-11-25)23-17(27)10-26-12-21-18-16(19(26)28)9-22-24(18)2/h3-9,11-13H,10H2,1-2H3,(H,23,27)/t13-/m0/s1. The van der Waals surface area contributed by atoms with Gasteiger partial charge in [0.25, 0.3) is 5.56 Å². The summed E-state index contributed by atoms with van der Waals surface area (Å²) in [6.45, 7) is 1.80. The van der Waals surface area contributed by atoms with Crippen LogP contribution in [0.5, 0.6) is 0 Å². The molecular weight excluding hydrogens is 358 g/mol. The minimum absolute atomic E-state index is 0.103. The molecule has 1 aromatic carbocycles. The molecule has 0 saturated heterocycles. The van der Waals surface area contributed by atoms with Gasteiger partial charge in [0.1, 0.15) is 18.3 Å². The van der Waals surface area contributed by atoms with Crippen LogP contribution in [0, 0.1) is 0 Å². The number of imidazole rings is 1. The minimum Gasteiger partial charge on any atom is -0.348 e. The van der Waals surface area contributed by atoms with Crippen molar-refractivity contribution < 1.29 is 4.79 Å². The molecule has 0 aliphatic carbocycles. The zero-order valence-electron chi connectivity index (χ0n) is 15.5. The molecule has 28 heavy (non-hydrogen) atoms. The van der Waals surface area contributed by atoms with Crippen molar-refractivity contribution >= 4 is 16.9 Å². The topological polar surface area (TPSA) is 99.6 Å². The first-order valence-corrected chi connectivity index (χ1v) is 8.78. The second-order valence-electron chi connectivity index (χ2n) is 6.53. The maximum atomic E-state index is 12.5. The zero-order valence-corrected chi connectivity index (χ0v) is 15.5. The van der Waals surface area contributed by atoms with Crippen molar-refractivity contribution in [2.45, 2.75) is 19.5 Å². The Morgan fingerprint density at radius 1 is 1.21 bits per heavy atom. The van der Waals surface area contributed by atoms with Crippen molar-refractivity contribution in [1.29, 1.82) is 0 Å². The number of aromatic nitrogens is 6. The molecule has 0 aliphatic heterocycles. The van der Waals surface area contributed by atoms with Crippen LogP contribution < -0.4 is 10.9 Å². The van der Waals surface area contributed by atoms with Crippen LogP contribution in [0.3, 0.4) is 0 Å². The molecule has 0 radical (unpaired) electrons. The molecule has 0 saturated carbocycles. The van der Waals surface area contributed by atoms with Crippen LogP contribution in [-0.4, -0.2) is 34.8 Å². The molecule has 1 N–H and O–H groups in total. The Kier molecular flexibility index (Phi) is 4.48. The molecule has 9 heteroatoms. The van der Waals surface area contributed by atoms with E-state index in [-0.39, 0.29) is 24.1 Å². The van der Waals surface area contributed by atoms with E-state index in [0.717, 1.165) is 11.3 Å². The van der Waals surface area contributed by atoms with Gasteiger partial charge in [-0.2, -0.15) is 5.10 Å². The van der Waals surface area contributed by atoms with E-state index in [1.165, 1.54) is 21.8 Å². The van der Waals surface area contributed by atoms with Crippen LogP contribution >= 0.6 is 0 Å². The highest BCUT2D eigenvalue weighted by atomic mass is 16.2.